The number of aromatic carboxylic acids is 1. The van der Waals surface area contributed by atoms with Crippen molar-refractivity contribution in [3.63, 3.8) is 0 Å². The zero-order valence-corrected chi connectivity index (χ0v) is 16.0. The van der Waals surface area contributed by atoms with Crippen molar-refractivity contribution in [1.29, 1.82) is 0 Å². The summed E-state index contributed by atoms with van der Waals surface area (Å²) in [6.45, 7) is 0. The van der Waals surface area contributed by atoms with Crippen LogP contribution in [0.3, 0.4) is 0 Å². The number of benzene rings is 1. The summed E-state index contributed by atoms with van der Waals surface area (Å²) in [5.41, 5.74) is 0.952. The molecule has 0 radical (unpaired) electrons. The van der Waals surface area contributed by atoms with E-state index in [0.29, 0.717) is 5.69 Å². The Bertz CT molecular complexity index is 808. The molecule has 10 heteroatoms. The number of hydrogen-bond donors (Lipinski definition) is 2. The molecular formula is C12H7N5Na2O3. The minimum atomic E-state index is -1.60. The first-order chi connectivity index (χ1) is 9.63. The molecule has 0 aliphatic carbocycles. The first-order valence-corrected chi connectivity index (χ1v) is 5.59. The summed E-state index contributed by atoms with van der Waals surface area (Å²) >= 11 is 0. The smallest absolute Gasteiger partial charge is 0.858 e. The largest absolute Gasteiger partial charge is 1.00 e. The Morgan fingerprint density at radius 3 is 2.68 bits per heavy atom. The van der Waals surface area contributed by atoms with Gasteiger partial charge in [-0.2, -0.15) is 5.10 Å². The number of rotatable bonds is 3. The fourth-order valence-corrected chi connectivity index (χ4v) is 1.72. The normalized spacial score (nSPS) is 9.64. The maximum absolute atomic E-state index is 11.4. The van der Waals surface area contributed by atoms with Gasteiger partial charge in [-0.3, -0.25) is 5.10 Å². The number of nitrogens with zero attached hydrogens (tertiary/aromatic N) is 3. The van der Waals surface area contributed by atoms with Gasteiger partial charge in [0.05, 0.1) is 17.7 Å². The number of fused-ring (bicyclic) bond motifs is 1. The van der Waals surface area contributed by atoms with E-state index in [-0.39, 0.29) is 65.1 Å². The molecule has 0 amide bonds. The molecule has 2 aromatic heterocycles. The van der Waals surface area contributed by atoms with E-state index in [1.165, 1.54) is 0 Å². The van der Waals surface area contributed by atoms with Crippen LogP contribution in [-0.2, 0) is 0 Å². The summed E-state index contributed by atoms with van der Waals surface area (Å²) in [5.74, 6) is -2.48. The molecule has 0 atom stereocenters. The predicted molar refractivity (Wildman–Crippen MR) is 65.2 cm³/mol. The number of carbonyl (C=O) groups excluding carboxylic acids is 1. The van der Waals surface area contributed by atoms with Crippen LogP contribution in [0.5, 0.6) is 5.88 Å². The van der Waals surface area contributed by atoms with Crippen molar-refractivity contribution in [3.05, 3.63) is 36.2 Å². The number of carboxylic acids is 1. The molecule has 0 aliphatic rings. The number of nitrogens with one attached hydrogen (secondary N) is 2. The molecule has 0 spiro atoms. The molecule has 8 nitrogen and oxygen atoms in total. The first-order valence-electron chi connectivity index (χ1n) is 5.59. The Hall–Kier alpha value is -1.16. The van der Waals surface area contributed by atoms with Gasteiger partial charge in [0.2, 0.25) is 5.95 Å². The van der Waals surface area contributed by atoms with Gasteiger partial charge in [-0.15, -0.1) is 0 Å². The summed E-state index contributed by atoms with van der Waals surface area (Å²) in [5, 5.41) is 32.4. The molecule has 22 heavy (non-hydrogen) atoms. The molecule has 0 saturated carbocycles. The van der Waals surface area contributed by atoms with E-state index in [1.54, 1.807) is 24.4 Å². The summed E-state index contributed by atoms with van der Waals surface area (Å²) < 4.78 is 0. The second kappa shape index (κ2) is 7.91. The minimum absolute atomic E-state index is 0. The number of H-pyrrole nitrogens is 1. The topological polar surface area (TPSA) is 130 Å². The monoisotopic (exact) mass is 315 g/mol. The van der Waals surface area contributed by atoms with E-state index < -0.39 is 17.4 Å². The van der Waals surface area contributed by atoms with Crippen LogP contribution in [-0.4, -0.2) is 26.1 Å². The number of hydrogen-bond acceptors (Lipinski definition) is 7. The number of anilines is 2. The van der Waals surface area contributed by atoms with E-state index in [2.05, 4.69) is 25.5 Å². The van der Waals surface area contributed by atoms with Gasteiger partial charge in [0.1, 0.15) is 0 Å². The van der Waals surface area contributed by atoms with E-state index in [1.807, 2.05) is 0 Å². The second-order valence-corrected chi connectivity index (χ2v) is 4.00. The van der Waals surface area contributed by atoms with Gasteiger partial charge in [0, 0.05) is 28.7 Å². The zero-order chi connectivity index (χ0) is 14.1. The van der Waals surface area contributed by atoms with Crippen LogP contribution in [0.25, 0.3) is 10.9 Å². The third-order valence-corrected chi connectivity index (χ3v) is 2.67. The summed E-state index contributed by atoms with van der Waals surface area (Å²) in [7, 11) is 0. The molecule has 1 aromatic carbocycles. The van der Waals surface area contributed by atoms with Crippen molar-refractivity contribution in [2.45, 2.75) is 0 Å². The van der Waals surface area contributed by atoms with Crippen molar-refractivity contribution in [2.75, 3.05) is 5.32 Å². The molecule has 2 heterocycles. The van der Waals surface area contributed by atoms with Gasteiger partial charge in [-0.1, -0.05) is 0 Å². The van der Waals surface area contributed by atoms with Gasteiger partial charge in [0.15, 0.2) is 0 Å². The van der Waals surface area contributed by atoms with Gasteiger partial charge in [-0.25, -0.2) is 9.97 Å². The van der Waals surface area contributed by atoms with Crippen LogP contribution in [0.15, 0.2) is 30.6 Å². The van der Waals surface area contributed by atoms with E-state index >= 15 is 0 Å². The molecule has 100 valence electrons. The van der Waals surface area contributed by atoms with E-state index in [4.69, 9.17) is 0 Å². The Morgan fingerprint density at radius 1 is 1.23 bits per heavy atom. The van der Waals surface area contributed by atoms with Gasteiger partial charge >= 0.3 is 59.1 Å². The molecule has 0 unspecified atom stereocenters. The summed E-state index contributed by atoms with van der Waals surface area (Å²) in [6, 6.07) is 5.35. The molecular weight excluding hydrogens is 308 g/mol. The van der Waals surface area contributed by atoms with Crippen molar-refractivity contribution in [2.24, 2.45) is 0 Å². The summed E-state index contributed by atoms with van der Waals surface area (Å²) in [6.07, 6.45) is 2.57. The average molecular weight is 315 g/mol. The number of aromatic amines is 1. The van der Waals surface area contributed by atoms with Crippen LogP contribution < -0.4 is 74.6 Å². The maximum atomic E-state index is 11.4. The molecule has 0 fully saturated rings. The van der Waals surface area contributed by atoms with Gasteiger partial charge in [0.25, 0.3) is 0 Å². The molecule has 3 aromatic rings. The maximum Gasteiger partial charge on any atom is 1.00 e. The SMILES string of the molecule is O=C([O-])c1cnc(Nc2ccc3[nH]ncc3c2)nc1[O-].[Na+].[Na+]. The Kier molecular flexibility index (Phi) is 6.79. The predicted octanol–water partition coefficient (Wildman–Crippen LogP) is -6.46. The van der Waals surface area contributed by atoms with Crippen LogP contribution in [0.1, 0.15) is 10.4 Å². The first kappa shape index (κ1) is 18.9. The number of aromatic nitrogens is 4. The van der Waals surface area contributed by atoms with Crippen LogP contribution >= 0.6 is 0 Å². The fraction of sp³-hybridized carbons (Fsp3) is 0. The fourth-order valence-electron chi connectivity index (χ4n) is 1.72. The van der Waals surface area contributed by atoms with Crippen LogP contribution in [0, 0.1) is 0 Å². The Balaban J connectivity index is 0.00000121. The van der Waals surface area contributed by atoms with Crippen molar-refractivity contribution in [1.82, 2.24) is 20.2 Å². The van der Waals surface area contributed by atoms with E-state index in [0.717, 1.165) is 17.1 Å². The standard InChI is InChI=1S/C12H9N5O3.2Na/c18-10-8(11(19)20)5-13-12(16-10)15-7-1-2-9-6(3-7)4-14-17-9;;/h1-5H,(H,14,17)(H,19,20)(H2,13,15,16,18);;/q;2*+1/p-2. The third kappa shape index (κ3) is 3.97. The zero-order valence-electron chi connectivity index (χ0n) is 12.0. The Labute approximate surface area is 168 Å². The Morgan fingerprint density at radius 2 is 2.00 bits per heavy atom. The van der Waals surface area contributed by atoms with Crippen molar-refractivity contribution < 1.29 is 74.1 Å². The average Bonchev–Trinajstić information content (AvgIpc) is 2.85. The minimum Gasteiger partial charge on any atom is -0.858 e. The second-order valence-electron chi connectivity index (χ2n) is 4.00. The molecule has 2 N–H and O–H groups in total. The third-order valence-electron chi connectivity index (χ3n) is 2.67. The van der Waals surface area contributed by atoms with Crippen LogP contribution in [0.4, 0.5) is 11.6 Å². The molecule has 0 bridgehead atoms. The van der Waals surface area contributed by atoms with Crippen molar-refractivity contribution in [3.8, 4) is 5.88 Å². The van der Waals surface area contributed by atoms with E-state index in [9.17, 15) is 15.0 Å². The molecule has 0 aliphatic heterocycles. The van der Waals surface area contributed by atoms with Gasteiger partial charge < -0.3 is 20.3 Å². The summed E-state index contributed by atoms with van der Waals surface area (Å²) in [4.78, 5) is 17.9. The van der Waals surface area contributed by atoms with Gasteiger partial charge in [-0.05, 0) is 18.2 Å². The number of carbonyl (C=O) groups is 1. The van der Waals surface area contributed by atoms with Crippen LogP contribution in [0.2, 0.25) is 0 Å². The molecule has 3 rings (SSSR count). The number of carboxylic acid groups (broad SMARTS) is 1. The van der Waals surface area contributed by atoms with Crippen molar-refractivity contribution >= 4 is 28.5 Å². The quantitative estimate of drug-likeness (QED) is 0.460. The molecule has 0 saturated heterocycles.